The SMILES string of the molecule is C=CCC1(S(=O)(=O)n2cc(C)c3c(C(=O)NCc4c(OC)cc(C)[nH]c4=O)cc(N4CCN(C)CC4)cc32)CC1. The van der Waals surface area contributed by atoms with E-state index in [2.05, 4.69) is 33.7 Å². The van der Waals surface area contributed by atoms with Gasteiger partial charge in [0.1, 0.15) is 5.75 Å². The first-order valence-corrected chi connectivity index (χ1v) is 15.0. The first-order valence-electron chi connectivity index (χ1n) is 13.5. The molecule has 5 rings (SSSR count). The number of rotatable bonds is 9. The van der Waals surface area contributed by atoms with Gasteiger partial charge >= 0.3 is 0 Å². The van der Waals surface area contributed by atoms with Gasteiger partial charge in [-0.25, -0.2) is 12.4 Å². The Kier molecular flexibility index (Phi) is 7.30. The van der Waals surface area contributed by atoms with E-state index in [0.29, 0.717) is 58.3 Å². The van der Waals surface area contributed by atoms with E-state index in [-0.39, 0.29) is 12.1 Å². The number of hydrogen-bond acceptors (Lipinski definition) is 7. The number of ether oxygens (including phenoxy) is 1. The molecule has 1 aromatic carbocycles. The fourth-order valence-corrected chi connectivity index (χ4v) is 7.68. The molecule has 0 atom stereocenters. The van der Waals surface area contributed by atoms with Crippen LogP contribution < -0.4 is 20.5 Å². The number of carbonyl (C=O) groups excluding carboxylic acids is 1. The minimum Gasteiger partial charge on any atom is -0.496 e. The molecule has 11 heteroatoms. The predicted molar refractivity (Wildman–Crippen MR) is 157 cm³/mol. The van der Waals surface area contributed by atoms with Crippen LogP contribution >= 0.6 is 0 Å². The topological polar surface area (TPSA) is 117 Å². The van der Waals surface area contributed by atoms with E-state index in [9.17, 15) is 18.0 Å². The molecule has 1 amide bonds. The quantitative estimate of drug-likeness (QED) is 0.382. The highest BCUT2D eigenvalue weighted by Gasteiger charge is 2.54. The van der Waals surface area contributed by atoms with Crippen molar-refractivity contribution in [1.29, 1.82) is 0 Å². The molecule has 3 aromatic rings. The number of anilines is 1. The molecular weight excluding hydrogens is 530 g/mol. The monoisotopic (exact) mass is 567 g/mol. The van der Waals surface area contributed by atoms with Crippen LogP contribution in [0, 0.1) is 13.8 Å². The molecule has 10 nitrogen and oxygen atoms in total. The van der Waals surface area contributed by atoms with Gasteiger partial charge in [-0.15, -0.1) is 6.58 Å². The van der Waals surface area contributed by atoms with Gasteiger partial charge in [0.05, 0.1) is 35.0 Å². The number of aromatic nitrogens is 2. The Hall–Kier alpha value is -3.57. The van der Waals surface area contributed by atoms with Gasteiger partial charge in [0.15, 0.2) is 0 Å². The fraction of sp³-hybridized carbons (Fsp3) is 0.448. The number of aryl methyl sites for hydroxylation is 2. The highest BCUT2D eigenvalue weighted by molar-refractivity contribution is 7.91. The van der Waals surface area contributed by atoms with E-state index in [1.165, 1.54) is 11.1 Å². The minimum atomic E-state index is -3.74. The summed E-state index contributed by atoms with van der Waals surface area (Å²) in [4.78, 5) is 33.5. The number of allylic oxidation sites excluding steroid dienone is 1. The molecule has 2 fully saturated rings. The lowest BCUT2D eigenvalue weighted by molar-refractivity contribution is 0.0952. The number of H-pyrrole nitrogens is 1. The van der Waals surface area contributed by atoms with Crippen molar-refractivity contribution in [3.8, 4) is 5.75 Å². The van der Waals surface area contributed by atoms with E-state index in [0.717, 1.165) is 31.9 Å². The molecule has 3 heterocycles. The normalized spacial score (nSPS) is 17.1. The third-order valence-electron chi connectivity index (χ3n) is 8.16. The Labute approximate surface area is 234 Å². The second-order valence-corrected chi connectivity index (χ2v) is 13.2. The van der Waals surface area contributed by atoms with Crippen molar-refractivity contribution >= 4 is 32.5 Å². The largest absolute Gasteiger partial charge is 0.496 e. The van der Waals surface area contributed by atoms with Gasteiger partial charge in [-0.2, -0.15) is 0 Å². The van der Waals surface area contributed by atoms with Crippen LogP contribution in [-0.4, -0.2) is 73.3 Å². The van der Waals surface area contributed by atoms with Crippen LogP contribution in [0.25, 0.3) is 10.9 Å². The number of nitrogens with one attached hydrogen (secondary N) is 2. The van der Waals surface area contributed by atoms with Crippen molar-refractivity contribution in [3.63, 3.8) is 0 Å². The van der Waals surface area contributed by atoms with Gasteiger partial charge in [0.25, 0.3) is 11.5 Å². The number of hydrogen-bond donors (Lipinski definition) is 2. The first kappa shape index (κ1) is 28.0. The van der Waals surface area contributed by atoms with E-state index in [4.69, 9.17) is 4.74 Å². The van der Waals surface area contributed by atoms with Crippen LogP contribution in [0.3, 0.4) is 0 Å². The number of carbonyl (C=O) groups is 1. The zero-order valence-electron chi connectivity index (χ0n) is 23.5. The molecule has 0 radical (unpaired) electrons. The van der Waals surface area contributed by atoms with Crippen molar-refractivity contribution in [2.24, 2.45) is 0 Å². The number of fused-ring (bicyclic) bond motifs is 1. The summed E-state index contributed by atoms with van der Waals surface area (Å²) in [6.07, 6.45) is 4.84. The highest BCUT2D eigenvalue weighted by Crippen LogP contribution is 2.49. The lowest BCUT2D eigenvalue weighted by Crippen LogP contribution is -2.44. The van der Waals surface area contributed by atoms with Gasteiger partial charge < -0.3 is 24.8 Å². The predicted octanol–water partition coefficient (Wildman–Crippen LogP) is 2.92. The number of amides is 1. The van der Waals surface area contributed by atoms with Crippen molar-refractivity contribution < 1.29 is 17.9 Å². The maximum absolute atomic E-state index is 13.9. The van der Waals surface area contributed by atoms with Crippen LogP contribution in [0.1, 0.15) is 46.4 Å². The van der Waals surface area contributed by atoms with Crippen molar-refractivity contribution in [3.05, 3.63) is 69.8 Å². The smallest absolute Gasteiger partial charge is 0.256 e. The van der Waals surface area contributed by atoms with Crippen LogP contribution in [0.15, 0.2) is 41.8 Å². The molecule has 2 aromatic heterocycles. The molecule has 40 heavy (non-hydrogen) atoms. The summed E-state index contributed by atoms with van der Waals surface area (Å²) in [6, 6.07) is 5.43. The summed E-state index contributed by atoms with van der Waals surface area (Å²) >= 11 is 0. The molecule has 1 aliphatic carbocycles. The Balaban J connectivity index is 1.60. The van der Waals surface area contributed by atoms with Crippen molar-refractivity contribution in [2.75, 3.05) is 45.2 Å². The Morgan fingerprint density at radius 2 is 1.88 bits per heavy atom. The number of nitrogens with zero attached hydrogens (tertiary/aromatic N) is 3. The molecule has 1 saturated heterocycles. The first-order chi connectivity index (χ1) is 19.0. The summed E-state index contributed by atoms with van der Waals surface area (Å²) in [5.41, 5.74) is 2.97. The van der Waals surface area contributed by atoms with E-state index < -0.39 is 20.7 Å². The average molecular weight is 568 g/mol. The van der Waals surface area contributed by atoms with Crippen LogP contribution in [0.5, 0.6) is 5.75 Å². The molecule has 2 N–H and O–H groups in total. The second-order valence-electron chi connectivity index (χ2n) is 11.0. The zero-order chi connectivity index (χ0) is 28.8. The zero-order valence-corrected chi connectivity index (χ0v) is 24.4. The number of likely N-dealkylation sites (N-methyl/N-ethyl adjacent to an activating group) is 1. The molecule has 0 bridgehead atoms. The number of piperazine rings is 1. The van der Waals surface area contributed by atoms with Gasteiger partial charge in [0.2, 0.25) is 10.0 Å². The summed E-state index contributed by atoms with van der Waals surface area (Å²) in [6.45, 7) is 10.5. The minimum absolute atomic E-state index is 0.0433. The van der Waals surface area contributed by atoms with E-state index >= 15 is 0 Å². The fourth-order valence-electron chi connectivity index (χ4n) is 5.61. The van der Waals surface area contributed by atoms with Crippen LogP contribution in [0.4, 0.5) is 5.69 Å². The molecular formula is C29H37N5O5S. The molecule has 1 aliphatic heterocycles. The Morgan fingerprint density at radius 3 is 2.50 bits per heavy atom. The van der Waals surface area contributed by atoms with Gasteiger partial charge in [-0.1, -0.05) is 6.08 Å². The van der Waals surface area contributed by atoms with E-state index in [1.54, 1.807) is 25.3 Å². The van der Waals surface area contributed by atoms with E-state index in [1.807, 2.05) is 19.1 Å². The number of benzene rings is 1. The summed E-state index contributed by atoms with van der Waals surface area (Å²) in [5, 5.41) is 3.46. The van der Waals surface area contributed by atoms with Crippen LogP contribution in [-0.2, 0) is 16.6 Å². The molecule has 0 spiro atoms. The summed E-state index contributed by atoms with van der Waals surface area (Å²) in [7, 11) is -0.197. The molecule has 1 saturated carbocycles. The van der Waals surface area contributed by atoms with Gasteiger partial charge in [-0.3, -0.25) is 9.59 Å². The van der Waals surface area contributed by atoms with Gasteiger partial charge in [0, 0.05) is 49.1 Å². The highest BCUT2D eigenvalue weighted by atomic mass is 32.2. The lowest BCUT2D eigenvalue weighted by atomic mass is 10.0. The van der Waals surface area contributed by atoms with Crippen LogP contribution in [0.2, 0.25) is 0 Å². The lowest BCUT2D eigenvalue weighted by Gasteiger charge is -2.34. The Morgan fingerprint density at radius 1 is 1.18 bits per heavy atom. The van der Waals surface area contributed by atoms with Crippen molar-refractivity contribution in [2.45, 2.75) is 44.4 Å². The van der Waals surface area contributed by atoms with Crippen molar-refractivity contribution in [1.82, 2.24) is 19.2 Å². The molecule has 0 unspecified atom stereocenters. The standard InChI is InChI=1S/C29H37N5O5S/c1-6-7-29(8-9-29)40(37,38)34-18-19(2)26-22(15-21(16-24(26)34)33-12-10-32(4)11-13-33)27(35)30-17-23-25(39-5)14-20(3)31-28(23)36/h6,14-16,18H,1,7-13,17H2,2-5H3,(H,30,35)(H,31,36). The maximum Gasteiger partial charge on any atom is 0.256 e. The average Bonchev–Trinajstić information content (AvgIpc) is 3.64. The Bertz CT molecular complexity index is 1640. The summed E-state index contributed by atoms with van der Waals surface area (Å²) < 4.78 is 33.8. The number of aromatic amines is 1. The molecule has 2 aliphatic rings. The third-order valence-corrected chi connectivity index (χ3v) is 10.7. The third kappa shape index (κ3) is 4.81. The summed E-state index contributed by atoms with van der Waals surface area (Å²) in [5.74, 6) is -0.00302. The second kappa shape index (κ2) is 10.4. The maximum atomic E-state index is 13.9. The number of methoxy groups -OCH3 is 1. The number of pyridine rings is 1. The molecule has 214 valence electrons. The van der Waals surface area contributed by atoms with Gasteiger partial charge in [-0.05, 0) is 63.9 Å².